The fourth-order valence-electron chi connectivity index (χ4n) is 1.62. The minimum Gasteiger partial charge on any atom is -0.371 e. The van der Waals surface area contributed by atoms with Crippen molar-refractivity contribution in [3.8, 4) is 0 Å². The minimum atomic E-state index is 0. The largest absolute Gasteiger partial charge is 0.371 e. The third kappa shape index (κ3) is 3.08. The van der Waals surface area contributed by atoms with Crippen LogP contribution in [0.1, 0.15) is 18.6 Å². The summed E-state index contributed by atoms with van der Waals surface area (Å²) in [6, 6.07) is 8.28. The molecule has 1 heterocycles. The summed E-state index contributed by atoms with van der Waals surface area (Å²) in [6.45, 7) is 3.70. The molecular formula is C11H15Cl2NO. The summed E-state index contributed by atoms with van der Waals surface area (Å²) < 4.78 is 5.71. The molecule has 1 N–H and O–H groups in total. The number of benzene rings is 1. The minimum absolute atomic E-state index is 0. The highest BCUT2D eigenvalue weighted by molar-refractivity contribution is 6.31. The van der Waals surface area contributed by atoms with Crippen molar-refractivity contribution < 1.29 is 4.74 Å². The van der Waals surface area contributed by atoms with Crippen LogP contribution in [0.5, 0.6) is 0 Å². The molecule has 84 valence electrons. The van der Waals surface area contributed by atoms with Gasteiger partial charge >= 0.3 is 0 Å². The number of nitrogens with one attached hydrogen (secondary N) is 1. The molecule has 0 radical (unpaired) electrons. The zero-order chi connectivity index (χ0) is 9.97. The molecule has 0 amide bonds. The summed E-state index contributed by atoms with van der Waals surface area (Å²) in [5.74, 6) is 0. The fraction of sp³-hybridized carbons (Fsp3) is 0.455. The van der Waals surface area contributed by atoms with Crippen molar-refractivity contribution in [3.63, 3.8) is 0 Å². The smallest absolute Gasteiger partial charge is 0.0964 e. The summed E-state index contributed by atoms with van der Waals surface area (Å²) in [4.78, 5) is 0. The van der Waals surface area contributed by atoms with Crippen LogP contribution in [-0.4, -0.2) is 19.2 Å². The SMILES string of the molecule is CC1COC(c2ccccc2Cl)CN1.Cl. The topological polar surface area (TPSA) is 21.3 Å². The van der Waals surface area contributed by atoms with E-state index in [9.17, 15) is 0 Å². The van der Waals surface area contributed by atoms with E-state index < -0.39 is 0 Å². The van der Waals surface area contributed by atoms with E-state index in [-0.39, 0.29) is 18.5 Å². The lowest BCUT2D eigenvalue weighted by Gasteiger charge is -2.28. The van der Waals surface area contributed by atoms with Gasteiger partial charge in [0, 0.05) is 23.2 Å². The molecule has 1 aromatic carbocycles. The van der Waals surface area contributed by atoms with Gasteiger partial charge in [-0.1, -0.05) is 29.8 Å². The van der Waals surface area contributed by atoms with Gasteiger partial charge in [-0.05, 0) is 13.0 Å². The van der Waals surface area contributed by atoms with Gasteiger partial charge in [0.05, 0.1) is 12.7 Å². The molecule has 4 heteroatoms. The van der Waals surface area contributed by atoms with Gasteiger partial charge in [-0.25, -0.2) is 0 Å². The molecule has 0 aromatic heterocycles. The highest BCUT2D eigenvalue weighted by Crippen LogP contribution is 2.26. The van der Waals surface area contributed by atoms with Crippen molar-refractivity contribution >= 4 is 24.0 Å². The van der Waals surface area contributed by atoms with E-state index >= 15 is 0 Å². The molecule has 15 heavy (non-hydrogen) atoms. The Balaban J connectivity index is 0.00000112. The van der Waals surface area contributed by atoms with Crippen LogP contribution in [0.2, 0.25) is 5.02 Å². The molecule has 0 spiro atoms. The second-order valence-corrected chi connectivity index (χ2v) is 4.06. The molecule has 0 saturated carbocycles. The highest BCUT2D eigenvalue weighted by atomic mass is 35.5. The van der Waals surface area contributed by atoms with Crippen LogP contribution in [0.25, 0.3) is 0 Å². The predicted octanol–water partition coefficient (Wildman–Crippen LogP) is 2.81. The zero-order valence-corrected chi connectivity index (χ0v) is 10.1. The number of halogens is 2. The van der Waals surface area contributed by atoms with Gasteiger partial charge in [0.1, 0.15) is 0 Å². The first-order chi connectivity index (χ1) is 6.77. The van der Waals surface area contributed by atoms with E-state index in [0.29, 0.717) is 6.04 Å². The number of hydrogen-bond acceptors (Lipinski definition) is 2. The van der Waals surface area contributed by atoms with Gasteiger partial charge in [-0.3, -0.25) is 0 Å². The summed E-state index contributed by atoms with van der Waals surface area (Å²) in [5.41, 5.74) is 1.08. The maximum atomic E-state index is 6.09. The Kier molecular flexibility index (Phi) is 4.87. The van der Waals surface area contributed by atoms with Crippen molar-refractivity contribution in [2.24, 2.45) is 0 Å². The van der Waals surface area contributed by atoms with E-state index in [4.69, 9.17) is 16.3 Å². The van der Waals surface area contributed by atoms with Crippen LogP contribution in [0.3, 0.4) is 0 Å². The molecule has 1 saturated heterocycles. The van der Waals surface area contributed by atoms with E-state index in [0.717, 1.165) is 23.7 Å². The van der Waals surface area contributed by atoms with Gasteiger partial charge in [-0.15, -0.1) is 12.4 Å². The molecular weight excluding hydrogens is 233 g/mol. The van der Waals surface area contributed by atoms with Gasteiger partial charge in [0.15, 0.2) is 0 Å². The fourth-order valence-corrected chi connectivity index (χ4v) is 1.88. The average Bonchev–Trinajstić information content (AvgIpc) is 2.20. The molecule has 1 aliphatic rings. The van der Waals surface area contributed by atoms with Crippen molar-refractivity contribution in [2.75, 3.05) is 13.2 Å². The Hall–Kier alpha value is -0.280. The second-order valence-electron chi connectivity index (χ2n) is 3.65. The molecule has 2 rings (SSSR count). The number of ether oxygens (including phenoxy) is 1. The lowest BCUT2D eigenvalue weighted by Crippen LogP contribution is -2.40. The summed E-state index contributed by atoms with van der Waals surface area (Å²) >= 11 is 6.09. The first kappa shape index (κ1) is 12.8. The summed E-state index contributed by atoms with van der Waals surface area (Å²) in [5, 5.41) is 4.16. The molecule has 2 nitrogen and oxygen atoms in total. The standard InChI is InChI=1S/C11H14ClNO.ClH/c1-8-7-14-11(6-13-8)9-4-2-3-5-10(9)12;/h2-5,8,11,13H,6-7H2,1H3;1H. The van der Waals surface area contributed by atoms with Gasteiger partial charge in [0.2, 0.25) is 0 Å². The highest BCUT2D eigenvalue weighted by Gasteiger charge is 2.20. The van der Waals surface area contributed by atoms with E-state index in [1.54, 1.807) is 0 Å². The Bertz CT molecular complexity index is 311. The van der Waals surface area contributed by atoms with Crippen LogP contribution < -0.4 is 5.32 Å². The van der Waals surface area contributed by atoms with E-state index in [1.807, 2.05) is 24.3 Å². The zero-order valence-electron chi connectivity index (χ0n) is 8.57. The van der Waals surface area contributed by atoms with Crippen molar-refractivity contribution in [2.45, 2.75) is 19.1 Å². The second kappa shape index (κ2) is 5.71. The number of morpholine rings is 1. The molecule has 1 aliphatic heterocycles. The van der Waals surface area contributed by atoms with Crippen LogP contribution >= 0.6 is 24.0 Å². The maximum Gasteiger partial charge on any atom is 0.0964 e. The van der Waals surface area contributed by atoms with Gasteiger partial charge in [-0.2, -0.15) is 0 Å². The first-order valence-electron chi connectivity index (χ1n) is 4.87. The number of hydrogen-bond donors (Lipinski definition) is 1. The summed E-state index contributed by atoms with van der Waals surface area (Å²) in [6.07, 6.45) is 0.0971. The van der Waals surface area contributed by atoms with E-state index in [2.05, 4.69) is 12.2 Å². The van der Waals surface area contributed by atoms with Crippen molar-refractivity contribution in [3.05, 3.63) is 34.9 Å². The average molecular weight is 248 g/mol. The maximum absolute atomic E-state index is 6.09. The monoisotopic (exact) mass is 247 g/mol. The molecule has 0 bridgehead atoms. The third-order valence-electron chi connectivity index (χ3n) is 2.45. The van der Waals surface area contributed by atoms with Crippen LogP contribution in [-0.2, 0) is 4.74 Å². The van der Waals surface area contributed by atoms with Crippen LogP contribution in [0.15, 0.2) is 24.3 Å². The van der Waals surface area contributed by atoms with E-state index in [1.165, 1.54) is 0 Å². The lowest BCUT2D eigenvalue weighted by molar-refractivity contribution is 0.00701. The lowest BCUT2D eigenvalue weighted by atomic mass is 10.1. The van der Waals surface area contributed by atoms with Gasteiger partial charge in [0.25, 0.3) is 0 Å². The normalized spacial score (nSPS) is 25.7. The molecule has 2 atom stereocenters. The van der Waals surface area contributed by atoms with Crippen LogP contribution in [0, 0.1) is 0 Å². The Morgan fingerprint density at radius 2 is 2.13 bits per heavy atom. The Labute approximate surface area is 101 Å². The molecule has 1 aromatic rings. The molecule has 0 aliphatic carbocycles. The quantitative estimate of drug-likeness (QED) is 0.825. The van der Waals surface area contributed by atoms with Crippen LogP contribution in [0.4, 0.5) is 0 Å². The predicted molar refractivity (Wildman–Crippen MR) is 64.9 cm³/mol. The number of rotatable bonds is 1. The Morgan fingerprint density at radius 3 is 2.73 bits per heavy atom. The Morgan fingerprint density at radius 1 is 1.40 bits per heavy atom. The summed E-state index contributed by atoms with van der Waals surface area (Å²) in [7, 11) is 0. The van der Waals surface area contributed by atoms with Crippen molar-refractivity contribution in [1.29, 1.82) is 0 Å². The first-order valence-corrected chi connectivity index (χ1v) is 5.24. The van der Waals surface area contributed by atoms with Crippen molar-refractivity contribution in [1.82, 2.24) is 5.32 Å². The molecule has 1 fully saturated rings. The van der Waals surface area contributed by atoms with Gasteiger partial charge < -0.3 is 10.1 Å². The molecule has 2 unspecified atom stereocenters. The third-order valence-corrected chi connectivity index (χ3v) is 2.80.